The lowest BCUT2D eigenvalue weighted by Gasteiger charge is -2.02. The number of alkyl halides is 3. The molecule has 0 spiro atoms. The summed E-state index contributed by atoms with van der Waals surface area (Å²) in [6.45, 7) is 0.522. The lowest BCUT2D eigenvalue weighted by Crippen LogP contribution is -2.10. The van der Waals surface area contributed by atoms with E-state index in [9.17, 15) is 8.78 Å². The topological polar surface area (TPSA) is 60.2 Å². The predicted molar refractivity (Wildman–Crippen MR) is 63.3 cm³/mol. The number of rotatable bonds is 5. The first-order valence-electron chi connectivity index (χ1n) is 5.27. The summed E-state index contributed by atoms with van der Waals surface area (Å²) < 4.78 is 29.9. The highest BCUT2D eigenvalue weighted by Crippen LogP contribution is 2.32. The van der Waals surface area contributed by atoms with Crippen molar-refractivity contribution in [3.63, 3.8) is 0 Å². The number of nitrogens with one attached hydrogen (secondary N) is 1. The van der Waals surface area contributed by atoms with E-state index in [0.29, 0.717) is 12.1 Å². The summed E-state index contributed by atoms with van der Waals surface area (Å²) in [5.41, 5.74) is 4.19. The van der Waals surface area contributed by atoms with Gasteiger partial charge in [-0.2, -0.15) is 19.2 Å². The fourth-order valence-electron chi connectivity index (χ4n) is 1.38. The van der Waals surface area contributed by atoms with Crippen LogP contribution in [0.4, 0.5) is 8.78 Å². The molecule has 0 fully saturated rings. The van der Waals surface area contributed by atoms with Crippen molar-refractivity contribution in [1.82, 2.24) is 15.6 Å². The molecule has 2 rings (SSSR count). The zero-order valence-corrected chi connectivity index (χ0v) is 10.6. The maximum atomic E-state index is 12.7. The number of hydrogen-bond donors (Lipinski definition) is 1. The fourth-order valence-corrected chi connectivity index (χ4v) is 1.46. The monoisotopic (exact) mass is 289 g/mol. The number of hydroxylamine groups is 1. The van der Waals surface area contributed by atoms with Crippen LogP contribution in [0.25, 0.3) is 11.4 Å². The van der Waals surface area contributed by atoms with Crippen LogP contribution in [0, 0.1) is 0 Å². The minimum atomic E-state index is -3.66. The Hall–Kier alpha value is -1.57. The van der Waals surface area contributed by atoms with Crippen LogP contribution in [0.1, 0.15) is 11.5 Å². The van der Waals surface area contributed by atoms with Gasteiger partial charge in [0.2, 0.25) is 5.82 Å². The first-order valence-corrected chi connectivity index (χ1v) is 5.64. The van der Waals surface area contributed by atoms with Crippen molar-refractivity contribution in [2.75, 3.05) is 7.11 Å². The second-order valence-electron chi connectivity index (χ2n) is 3.64. The van der Waals surface area contributed by atoms with Gasteiger partial charge < -0.3 is 9.36 Å². The molecule has 0 unspecified atom stereocenters. The van der Waals surface area contributed by atoms with Crippen molar-refractivity contribution in [2.24, 2.45) is 0 Å². The highest BCUT2D eigenvalue weighted by Gasteiger charge is 2.35. The normalized spacial score (nSPS) is 11.8. The maximum Gasteiger partial charge on any atom is 0.400 e. The molecule has 8 heteroatoms. The smallest absolute Gasteiger partial charge is 0.331 e. The molecule has 0 amide bonds. The van der Waals surface area contributed by atoms with E-state index in [4.69, 9.17) is 16.4 Å². The second-order valence-corrected chi connectivity index (χ2v) is 4.12. The summed E-state index contributed by atoms with van der Waals surface area (Å²) in [5.74, 6) is -0.865. The van der Waals surface area contributed by atoms with Crippen LogP contribution in [-0.4, -0.2) is 17.3 Å². The Morgan fingerprint density at radius 3 is 2.58 bits per heavy atom. The molecular formula is C11H10ClF2N3O2. The molecule has 5 nitrogen and oxygen atoms in total. The van der Waals surface area contributed by atoms with Gasteiger partial charge in [-0.15, -0.1) is 0 Å². The standard InChI is InChI=1S/C11H10ClF2N3O2/c1-18-15-6-7-2-4-8(5-3-7)9-16-10(19-17-9)11(12,13)14/h2-5,15H,6H2,1H3. The Balaban J connectivity index is 2.16. The van der Waals surface area contributed by atoms with Gasteiger partial charge in [0.1, 0.15) is 0 Å². The molecule has 0 atom stereocenters. The first-order chi connectivity index (χ1) is 9.00. The van der Waals surface area contributed by atoms with E-state index in [0.717, 1.165) is 5.56 Å². The summed E-state index contributed by atoms with van der Waals surface area (Å²) in [4.78, 5) is 8.26. The van der Waals surface area contributed by atoms with Gasteiger partial charge in [-0.3, -0.25) is 0 Å². The summed E-state index contributed by atoms with van der Waals surface area (Å²) in [5, 5.41) is -0.205. The highest BCUT2D eigenvalue weighted by atomic mass is 35.5. The van der Waals surface area contributed by atoms with Gasteiger partial charge >= 0.3 is 11.3 Å². The molecule has 0 bridgehead atoms. The molecule has 2 aromatic rings. The predicted octanol–water partition coefficient (Wildman–Crippen LogP) is 2.68. The molecule has 102 valence electrons. The molecule has 0 saturated heterocycles. The quantitative estimate of drug-likeness (QED) is 0.677. The molecule has 1 aromatic carbocycles. The van der Waals surface area contributed by atoms with Crippen molar-refractivity contribution in [3.05, 3.63) is 35.7 Å². The van der Waals surface area contributed by atoms with E-state index >= 15 is 0 Å². The van der Waals surface area contributed by atoms with Crippen LogP contribution in [-0.2, 0) is 16.8 Å². The molecule has 1 aromatic heterocycles. The minimum Gasteiger partial charge on any atom is -0.331 e. The zero-order valence-electron chi connectivity index (χ0n) is 9.86. The van der Waals surface area contributed by atoms with Gasteiger partial charge in [0.05, 0.1) is 7.11 Å². The molecule has 0 radical (unpaired) electrons. The van der Waals surface area contributed by atoms with Gasteiger partial charge in [-0.25, -0.2) is 0 Å². The summed E-state index contributed by atoms with van der Waals surface area (Å²) >= 11 is 4.79. The Bertz CT molecular complexity index is 540. The van der Waals surface area contributed by atoms with E-state index < -0.39 is 11.3 Å². The molecule has 0 saturated carbocycles. The largest absolute Gasteiger partial charge is 0.400 e. The van der Waals surface area contributed by atoms with E-state index in [2.05, 4.69) is 20.1 Å². The van der Waals surface area contributed by atoms with Gasteiger partial charge in [-0.1, -0.05) is 29.4 Å². The van der Waals surface area contributed by atoms with Crippen molar-refractivity contribution < 1.29 is 18.1 Å². The first kappa shape index (κ1) is 13.9. The van der Waals surface area contributed by atoms with Crippen LogP contribution in [0.15, 0.2) is 28.8 Å². The summed E-state index contributed by atoms with van der Waals surface area (Å²) in [7, 11) is 1.52. The molecule has 0 aliphatic heterocycles. The van der Waals surface area contributed by atoms with Crippen LogP contribution in [0.2, 0.25) is 0 Å². The minimum absolute atomic E-state index is 0.0570. The van der Waals surface area contributed by atoms with Gasteiger partial charge in [-0.05, 0) is 17.2 Å². The number of aromatic nitrogens is 2. The lowest BCUT2D eigenvalue weighted by atomic mass is 10.1. The molecule has 1 heterocycles. The Kier molecular flexibility index (Phi) is 4.08. The molecule has 1 N–H and O–H groups in total. The van der Waals surface area contributed by atoms with Crippen molar-refractivity contribution in [2.45, 2.75) is 11.9 Å². The Morgan fingerprint density at radius 1 is 1.37 bits per heavy atom. The zero-order chi connectivity index (χ0) is 13.9. The number of benzene rings is 1. The number of nitrogens with zero attached hydrogens (tertiary/aromatic N) is 2. The summed E-state index contributed by atoms with van der Waals surface area (Å²) in [6, 6.07) is 6.95. The number of hydrogen-bond acceptors (Lipinski definition) is 5. The van der Waals surface area contributed by atoms with E-state index in [1.165, 1.54) is 7.11 Å². The average Bonchev–Trinajstić information content (AvgIpc) is 2.86. The maximum absolute atomic E-state index is 12.7. The third kappa shape index (κ3) is 3.46. The Morgan fingerprint density at radius 2 is 2.05 bits per heavy atom. The third-order valence-electron chi connectivity index (χ3n) is 2.30. The van der Waals surface area contributed by atoms with E-state index in [-0.39, 0.29) is 5.82 Å². The van der Waals surface area contributed by atoms with Gasteiger partial charge in [0.25, 0.3) is 0 Å². The van der Waals surface area contributed by atoms with E-state index in [1.807, 2.05) is 0 Å². The molecule has 19 heavy (non-hydrogen) atoms. The fraction of sp³-hybridized carbons (Fsp3) is 0.273. The van der Waals surface area contributed by atoms with Gasteiger partial charge in [0.15, 0.2) is 0 Å². The van der Waals surface area contributed by atoms with Crippen LogP contribution >= 0.6 is 11.6 Å². The van der Waals surface area contributed by atoms with Crippen LogP contribution < -0.4 is 5.48 Å². The number of halogens is 3. The summed E-state index contributed by atoms with van der Waals surface area (Å²) in [6.07, 6.45) is 0. The molecule has 0 aliphatic carbocycles. The second kappa shape index (κ2) is 5.60. The van der Waals surface area contributed by atoms with Crippen molar-refractivity contribution in [1.29, 1.82) is 0 Å². The Labute approximate surface area is 112 Å². The molecule has 0 aliphatic rings. The SMILES string of the molecule is CONCc1ccc(-c2noc(C(F)(F)Cl)n2)cc1. The van der Waals surface area contributed by atoms with Crippen LogP contribution in [0.5, 0.6) is 0 Å². The average molecular weight is 290 g/mol. The van der Waals surface area contributed by atoms with E-state index in [1.54, 1.807) is 24.3 Å². The highest BCUT2D eigenvalue weighted by molar-refractivity contribution is 6.21. The molecular weight excluding hydrogens is 280 g/mol. The van der Waals surface area contributed by atoms with Crippen molar-refractivity contribution >= 4 is 11.6 Å². The van der Waals surface area contributed by atoms with Crippen LogP contribution in [0.3, 0.4) is 0 Å². The lowest BCUT2D eigenvalue weighted by molar-refractivity contribution is 0.0551. The van der Waals surface area contributed by atoms with Crippen molar-refractivity contribution in [3.8, 4) is 11.4 Å². The third-order valence-corrected chi connectivity index (χ3v) is 2.46. The van der Waals surface area contributed by atoms with Gasteiger partial charge in [0, 0.05) is 12.1 Å².